The maximum Gasteiger partial charge on any atom is 0.196 e. The number of Topliss-reactive ketones (excluding diaryl/α,β-unsaturated/α-hetero) is 1. The lowest BCUT2D eigenvalue weighted by molar-refractivity contribution is 0.0963. The van der Waals surface area contributed by atoms with Gasteiger partial charge in [0.05, 0.1) is 12.7 Å². The first-order valence-electron chi connectivity index (χ1n) is 15.4. The van der Waals surface area contributed by atoms with Crippen LogP contribution < -0.4 is 9.47 Å². The highest BCUT2D eigenvalue weighted by molar-refractivity contribution is 6.14. The van der Waals surface area contributed by atoms with E-state index in [2.05, 4.69) is 83.1 Å². The third-order valence-corrected chi connectivity index (χ3v) is 8.34. The van der Waals surface area contributed by atoms with Crippen LogP contribution in [-0.4, -0.2) is 23.1 Å². The Kier molecular flexibility index (Phi) is 8.30. The van der Waals surface area contributed by atoms with Gasteiger partial charge in [-0.25, -0.2) is 0 Å². The molecule has 1 aliphatic heterocycles. The van der Waals surface area contributed by atoms with Crippen molar-refractivity contribution >= 4 is 11.9 Å². The Balaban J connectivity index is 2.07. The molecule has 0 spiro atoms. The summed E-state index contributed by atoms with van der Waals surface area (Å²) >= 11 is 0. The molecule has 5 nitrogen and oxygen atoms in total. The van der Waals surface area contributed by atoms with Crippen LogP contribution in [0.15, 0.2) is 48.0 Å². The average Bonchev–Trinajstić information content (AvgIpc) is 2.88. The number of hydrogen-bond acceptors (Lipinski definition) is 5. The van der Waals surface area contributed by atoms with E-state index in [1.165, 1.54) is 0 Å². The summed E-state index contributed by atoms with van der Waals surface area (Å²) in [6, 6.07) is 13.2. The lowest BCUT2D eigenvalue weighted by Crippen LogP contribution is -2.26. The largest absolute Gasteiger partial charge is 0.507 e. The molecule has 0 aromatic heterocycles. The molecule has 2 N–H and O–H groups in total. The Morgan fingerprint density at radius 3 is 1.52 bits per heavy atom. The van der Waals surface area contributed by atoms with Gasteiger partial charge < -0.3 is 19.7 Å². The number of carbonyl (C=O) groups is 1. The molecule has 1 unspecified atom stereocenters. The SMILES string of the molecule is COc1ccc2c(c1)OC(c1cc(C(C)(C)C)c(O)c(C(C)(C)C)c1)/C(=C/c1cc(C(C)(C)C)c(O)c(C(C)(C)C)c1)C2=O. The number of benzene rings is 3. The van der Waals surface area contributed by atoms with Crippen molar-refractivity contribution in [1.29, 1.82) is 0 Å². The molecule has 3 aromatic carbocycles. The zero-order valence-corrected chi connectivity index (χ0v) is 28.8. The summed E-state index contributed by atoms with van der Waals surface area (Å²) < 4.78 is 12.2. The average molecular weight is 599 g/mol. The highest BCUT2D eigenvalue weighted by Gasteiger charge is 2.37. The van der Waals surface area contributed by atoms with Crippen LogP contribution in [0, 0.1) is 0 Å². The van der Waals surface area contributed by atoms with Crippen molar-refractivity contribution in [2.75, 3.05) is 7.11 Å². The molecule has 0 fully saturated rings. The number of phenols is 2. The lowest BCUT2D eigenvalue weighted by Gasteiger charge is -2.33. The topological polar surface area (TPSA) is 76.0 Å². The van der Waals surface area contributed by atoms with Crippen molar-refractivity contribution in [3.63, 3.8) is 0 Å². The van der Waals surface area contributed by atoms with E-state index >= 15 is 0 Å². The monoisotopic (exact) mass is 598 g/mol. The first-order chi connectivity index (χ1) is 20.0. The molecule has 44 heavy (non-hydrogen) atoms. The van der Waals surface area contributed by atoms with Crippen LogP contribution in [0.5, 0.6) is 23.0 Å². The Bertz CT molecular complexity index is 1560. The molecular formula is C39H50O5. The zero-order chi connectivity index (χ0) is 33.2. The van der Waals surface area contributed by atoms with Gasteiger partial charge >= 0.3 is 0 Å². The van der Waals surface area contributed by atoms with Gasteiger partial charge in [0.25, 0.3) is 0 Å². The summed E-state index contributed by atoms with van der Waals surface area (Å²) in [4.78, 5) is 14.4. The van der Waals surface area contributed by atoms with Crippen molar-refractivity contribution in [2.24, 2.45) is 0 Å². The molecule has 3 aromatic rings. The fourth-order valence-electron chi connectivity index (χ4n) is 5.78. The summed E-state index contributed by atoms with van der Waals surface area (Å²) in [5, 5.41) is 22.8. The highest BCUT2D eigenvalue weighted by atomic mass is 16.5. The summed E-state index contributed by atoms with van der Waals surface area (Å²) in [6.45, 7) is 24.9. The number of phenolic OH excluding ortho intramolecular Hbond substituents is 2. The second-order valence-electron chi connectivity index (χ2n) is 16.2. The fourth-order valence-corrected chi connectivity index (χ4v) is 5.78. The van der Waals surface area contributed by atoms with E-state index in [0.29, 0.717) is 22.6 Å². The maximum absolute atomic E-state index is 14.4. The zero-order valence-electron chi connectivity index (χ0n) is 28.8. The summed E-state index contributed by atoms with van der Waals surface area (Å²) in [5.74, 6) is 1.48. The van der Waals surface area contributed by atoms with Crippen LogP contribution in [0.1, 0.15) is 133 Å². The number of fused-ring (bicyclic) bond motifs is 1. The van der Waals surface area contributed by atoms with E-state index in [4.69, 9.17) is 9.47 Å². The summed E-state index contributed by atoms with van der Waals surface area (Å²) in [6.07, 6.45) is 1.17. The van der Waals surface area contributed by atoms with Gasteiger partial charge in [-0.15, -0.1) is 0 Å². The first kappa shape index (κ1) is 33.2. The van der Waals surface area contributed by atoms with Gasteiger partial charge in [-0.2, -0.15) is 0 Å². The van der Waals surface area contributed by atoms with Crippen molar-refractivity contribution in [2.45, 2.75) is 111 Å². The van der Waals surface area contributed by atoms with Crippen molar-refractivity contribution < 1.29 is 24.5 Å². The molecule has 0 bridgehead atoms. The molecule has 4 rings (SSSR count). The van der Waals surface area contributed by atoms with E-state index < -0.39 is 6.10 Å². The molecule has 1 heterocycles. The van der Waals surface area contributed by atoms with Crippen molar-refractivity contribution in [1.82, 2.24) is 0 Å². The normalized spacial score (nSPS) is 17.0. The third-order valence-electron chi connectivity index (χ3n) is 8.34. The predicted molar refractivity (Wildman–Crippen MR) is 180 cm³/mol. The van der Waals surface area contributed by atoms with E-state index in [-0.39, 0.29) is 38.9 Å². The molecule has 236 valence electrons. The molecule has 0 radical (unpaired) electrons. The number of aromatic hydroxyl groups is 2. The summed E-state index contributed by atoms with van der Waals surface area (Å²) in [5.41, 5.74) is 4.41. The molecule has 0 saturated heterocycles. The molecule has 1 aliphatic rings. The van der Waals surface area contributed by atoms with E-state index in [0.717, 1.165) is 33.4 Å². The number of ketones is 1. The fraction of sp³-hybridized carbons (Fsp3) is 0.462. The minimum Gasteiger partial charge on any atom is -0.507 e. The van der Waals surface area contributed by atoms with E-state index in [1.807, 2.05) is 30.3 Å². The molecular weight excluding hydrogens is 548 g/mol. The van der Waals surface area contributed by atoms with Gasteiger partial charge in [-0.3, -0.25) is 4.79 Å². The van der Waals surface area contributed by atoms with Gasteiger partial charge in [0.2, 0.25) is 0 Å². The number of carbonyl (C=O) groups excluding carboxylic acids is 1. The standard InChI is InChI=1S/C39H50O5/c1-36(2,3)27-17-22(18-28(33(27)41)37(4,5)6)16-26-32(40)25-15-14-24(43-13)21-31(25)44-35(26)23-19-29(38(7,8)9)34(42)30(20-23)39(10,11)12/h14-21,35,41-42H,1-13H3/b26-16+. The Morgan fingerprint density at radius 2 is 1.11 bits per heavy atom. The van der Waals surface area contributed by atoms with E-state index in [9.17, 15) is 15.0 Å². The second kappa shape index (κ2) is 11.0. The molecule has 0 saturated carbocycles. The number of ether oxygens (including phenoxy) is 2. The quantitative estimate of drug-likeness (QED) is 0.294. The van der Waals surface area contributed by atoms with Gasteiger partial charge in [0.1, 0.15) is 23.0 Å². The maximum atomic E-state index is 14.4. The van der Waals surface area contributed by atoms with Crippen molar-refractivity contribution in [3.05, 3.63) is 87.0 Å². The van der Waals surface area contributed by atoms with Gasteiger partial charge in [-0.1, -0.05) is 83.1 Å². The smallest absolute Gasteiger partial charge is 0.196 e. The van der Waals surface area contributed by atoms with Gasteiger partial charge in [0.15, 0.2) is 11.9 Å². The molecule has 0 amide bonds. The minimum absolute atomic E-state index is 0.135. The Labute approximate surface area is 263 Å². The third kappa shape index (κ3) is 6.38. The van der Waals surface area contributed by atoms with Crippen LogP contribution in [0.2, 0.25) is 0 Å². The van der Waals surface area contributed by atoms with E-state index in [1.54, 1.807) is 25.3 Å². The Morgan fingerprint density at radius 1 is 0.682 bits per heavy atom. The number of methoxy groups -OCH3 is 1. The molecule has 0 aliphatic carbocycles. The van der Waals surface area contributed by atoms with Crippen LogP contribution in [-0.2, 0) is 21.7 Å². The molecule has 5 heteroatoms. The molecule has 1 atom stereocenters. The second-order valence-corrected chi connectivity index (χ2v) is 16.2. The number of hydrogen-bond donors (Lipinski definition) is 2. The predicted octanol–water partition coefficient (Wildman–Crippen LogP) is 9.70. The van der Waals surface area contributed by atoms with Crippen LogP contribution >= 0.6 is 0 Å². The summed E-state index contributed by atoms with van der Waals surface area (Å²) in [7, 11) is 1.59. The first-order valence-corrected chi connectivity index (χ1v) is 15.4. The van der Waals surface area contributed by atoms with Crippen LogP contribution in [0.25, 0.3) is 6.08 Å². The lowest BCUT2D eigenvalue weighted by atomic mass is 9.76. The minimum atomic E-state index is -0.741. The van der Waals surface area contributed by atoms with Crippen molar-refractivity contribution in [3.8, 4) is 23.0 Å². The van der Waals surface area contributed by atoms with Gasteiger partial charge in [-0.05, 0) is 86.4 Å². The van der Waals surface area contributed by atoms with Crippen LogP contribution in [0.3, 0.4) is 0 Å². The highest BCUT2D eigenvalue weighted by Crippen LogP contribution is 2.47. The number of rotatable bonds is 3. The van der Waals surface area contributed by atoms with Crippen LogP contribution in [0.4, 0.5) is 0 Å². The Hall–Kier alpha value is -3.73. The van der Waals surface area contributed by atoms with Gasteiger partial charge in [0, 0.05) is 22.8 Å².